The zero-order valence-electron chi connectivity index (χ0n) is 11.0. The zero-order chi connectivity index (χ0) is 13.0. The van der Waals surface area contributed by atoms with Gasteiger partial charge in [-0.25, -0.2) is 4.39 Å². The molecule has 0 aromatic heterocycles. The average molecular weight is 251 g/mol. The highest BCUT2D eigenvalue weighted by Crippen LogP contribution is 2.21. The van der Waals surface area contributed by atoms with Crippen molar-refractivity contribution in [1.82, 2.24) is 9.80 Å². The fraction of sp³-hybridized carbons (Fsp3) is 0.571. The molecular formula is C14H22FN3. The molecular weight excluding hydrogens is 229 g/mol. The molecule has 1 aliphatic heterocycles. The van der Waals surface area contributed by atoms with Gasteiger partial charge >= 0.3 is 0 Å². The van der Waals surface area contributed by atoms with Crippen LogP contribution in [0.1, 0.15) is 18.0 Å². The Balaban J connectivity index is 2.12. The molecule has 4 heteroatoms. The summed E-state index contributed by atoms with van der Waals surface area (Å²) in [6.07, 6.45) is 1.14. The predicted octanol–water partition coefficient (Wildman–Crippen LogP) is 1.46. The molecule has 3 nitrogen and oxygen atoms in total. The summed E-state index contributed by atoms with van der Waals surface area (Å²) in [6, 6.07) is 6.94. The number of hydrogen-bond acceptors (Lipinski definition) is 3. The molecule has 0 spiro atoms. The summed E-state index contributed by atoms with van der Waals surface area (Å²) in [5.74, 6) is -0.183. The maximum atomic E-state index is 13.3. The van der Waals surface area contributed by atoms with Crippen LogP contribution in [0.15, 0.2) is 24.3 Å². The van der Waals surface area contributed by atoms with Crippen molar-refractivity contribution >= 4 is 0 Å². The number of hydrogen-bond donors (Lipinski definition) is 1. The van der Waals surface area contributed by atoms with Gasteiger partial charge in [0.1, 0.15) is 5.82 Å². The van der Waals surface area contributed by atoms with Crippen molar-refractivity contribution in [2.24, 2.45) is 5.73 Å². The molecule has 2 N–H and O–H groups in total. The van der Waals surface area contributed by atoms with Gasteiger partial charge in [0.2, 0.25) is 0 Å². The summed E-state index contributed by atoms with van der Waals surface area (Å²) in [5.41, 5.74) is 6.88. The minimum Gasteiger partial charge on any atom is -0.329 e. The van der Waals surface area contributed by atoms with Crippen LogP contribution in [0.5, 0.6) is 0 Å². The van der Waals surface area contributed by atoms with Crippen LogP contribution in [0.2, 0.25) is 0 Å². The number of halogens is 1. The maximum Gasteiger partial charge on any atom is 0.123 e. The van der Waals surface area contributed by atoms with Crippen molar-refractivity contribution in [3.8, 4) is 0 Å². The molecule has 1 saturated heterocycles. The topological polar surface area (TPSA) is 32.5 Å². The highest BCUT2D eigenvalue weighted by molar-refractivity contribution is 5.20. The molecule has 1 unspecified atom stereocenters. The number of likely N-dealkylation sites (N-methyl/N-ethyl adjacent to an activating group) is 1. The third-order valence-corrected chi connectivity index (χ3v) is 3.65. The summed E-state index contributed by atoms with van der Waals surface area (Å²) in [5, 5.41) is 0. The smallest absolute Gasteiger partial charge is 0.123 e. The Morgan fingerprint density at radius 3 is 2.83 bits per heavy atom. The van der Waals surface area contributed by atoms with E-state index in [2.05, 4.69) is 16.8 Å². The quantitative estimate of drug-likeness (QED) is 0.883. The Morgan fingerprint density at radius 1 is 1.28 bits per heavy atom. The van der Waals surface area contributed by atoms with Gasteiger partial charge < -0.3 is 10.6 Å². The van der Waals surface area contributed by atoms with Crippen molar-refractivity contribution in [2.45, 2.75) is 12.5 Å². The third kappa shape index (κ3) is 3.28. The van der Waals surface area contributed by atoms with E-state index in [9.17, 15) is 4.39 Å². The molecule has 0 amide bonds. The van der Waals surface area contributed by atoms with E-state index in [4.69, 9.17) is 5.73 Å². The van der Waals surface area contributed by atoms with Crippen LogP contribution in [-0.4, -0.2) is 49.6 Å². The van der Waals surface area contributed by atoms with Crippen LogP contribution in [-0.2, 0) is 0 Å². The van der Waals surface area contributed by atoms with Crippen LogP contribution in [0, 0.1) is 5.82 Å². The van der Waals surface area contributed by atoms with E-state index in [1.165, 1.54) is 6.07 Å². The van der Waals surface area contributed by atoms with Gasteiger partial charge in [-0.3, -0.25) is 4.90 Å². The Hall–Kier alpha value is -0.970. The highest BCUT2D eigenvalue weighted by atomic mass is 19.1. The van der Waals surface area contributed by atoms with E-state index < -0.39 is 0 Å². The molecule has 1 aromatic carbocycles. The molecule has 0 radical (unpaired) electrons. The summed E-state index contributed by atoms with van der Waals surface area (Å²) in [7, 11) is 2.14. The van der Waals surface area contributed by atoms with E-state index in [1.807, 2.05) is 6.07 Å². The molecule has 1 fully saturated rings. The summed E-state index contributed by atoms with van der Waals surface area (Å²) < 4.78 is 13.3. The fourth-order valence-corrected chi connectivity index (χ4v) is 2.59. The van der Waals surface area contributed by atoms with Gasteiger partial charge in [0.15, 0.2) is 0 Å². The Labute approximate surface area is 108 Å². The van der Waals surface area contributed by atoms with Gasteiger partial charge in [-0.1, -0.05) is 12.1 Å². The molecule has 2 rings (SSSR count). The summed E-state index contributed by atoms with van der Waals surface area (Å²) in [4.78, 5) is 4.71. The number of benzene rings is 1. The van der Waals surface area contributed by atoms with Gasteiger partial charge in [-0.05, 0) is 37.7 Å². The van der Waals surface area contributed by atoms with Crippen LogP contribution in [0.3, 0.4) is 0 Å². The SMILES string of the molecule is CN1CCCN(C(CN)c2cccc(F)c2)CC1. The molecule has 1 aromatic rings. The van der Waals surface area contributed by atoms with Crippen LogP contribution >= 0.6 is 0 Å². The largest absolute Gasteiger partial charge is 0.329 e. The summed E-state index contributed by atoms with van der Waals surface area (Å²) in [6.45, 7) is 4.73. The van der Waals surface area contributed by atoms with Gasteiger partial charge in [0.25, 0.3) is 0 Å². The molecule has 1 atom stereocenters. The van der Waals surface area contributed by atoms with E-state index >= 15 is 0 Å². The number of nitrogens with zero attached hydrogens (tertiary/aromatic N) is 2. The average Bonchev–Trinajstić information content (AvgIpc) is 2.56. The minimum absolute atomic E-state index is 0.132. The monoisotopic (exact) mass is 251 g/mol. The molecule has 1 aliphatic rings. The van der Waals surface area contributed by atoms with E-state index in [0.717, 1.165) is 38.2 Å². The highest BCUT2D eigenvalue weighted by Gasteiger charge is 2.21. The normalized spacial score (nSPS) is 20.6. The van der Waals surface area contributed by atoms with Gasteiger partial charge in [0, 0.05) is 32.2 Å². The first-order chi connectivity index (χ1) is 8.70. The van der Waals surface area contributed by atoms with E-state index in [0.29, 0.717) is 6.54 Å². The zero-order valence-corrected chi connectivity index (χ0v) is 11.0. The predicted molar refractivity (Wildman–Crippen MR) is 71.9 cm³/mol. The fourth-order valence-electron chi connectivity index (χ4n) is 2.59. The van der Waals surface area contributed by atoms with Crippen molar-refractivity contribution in [1.29, 1.82) is 0 Å². The number of nitrogens with two attached hydrogens (primary N) is 1. The molecule has 1 heterocycles. The molecule has 0 bridgehead atoms. The van der Waals surface area contributed by atoms with Crippen molar-refractivity contribution in [3.63, 3.8) is 0 Å². The van der Waals surface area contributed by atoms with Crippen molar-refractivity contribution in [3.05, 3.63) is 35.6 Å². The lowest BCUT2D eigenvalue weighted by Crippen LogP contribution is -2.36. The second kappa shape index (κ2) is 6.27. The first kappa shape index (κ1) is 13.5. The third-order valence-electron chi connectivity index (χ3n) is 3.65. The second-order valence-electron chi connectivity index (χ2n) is 5.00. The first-order valence-corrected chi connectivity index (χ1v) is 6.59. The molecule has 0 aliphatic carbocycles. The van der Waals surface area contributed by atoms with Gasteiger partial charge in [-0.15, -0.1) is 0 Å². The lowest BCUT2D eigenvalue weighted by atomic mass is 10.0. The Kier molecular flexibility index (Phi) is 4.69. The van der Waals surface area contributed by atoms with Crippen LogP contribution in [0.4, 0.5) is 4.39 Å². The number of rotatable bonds is 3. The standard InChI is InChI=1S/C14H22FN3/c1-17-6-3-7-18(9-8-17)14(11-16)12-4-2-5-13(15)10-12/h2,4-5,10,14H,3,6-9,11,16H2,1H3. The van der Waals surface area contributed by atoms with Gasteiger partial charge in [-0.2, -0.15) is 0 Å². The van der Waals surface area contributed by atoms with Crippen LogP contribution < -0.4 is 5.73 Å². The lowest BCUT2D eigenvalue weighted by Gasteiger charge is -2.30. The second-order valence-corrected chi connectivity index (χ2v) is 5.00. The first-order valence-electron chi connectivity index (χ1n) is 6.59. The van der Waals surface area contributed by atoms with Gasteiger partial charge in [0.05, 0.1) is 0 Å². The lowest BCUT2D eigenvalue weighted by molar-refractivity contribution is 0.207. The minimum atomic E-state index is -0.183. The van der Waals surface area contributed by atoms with Crippen LogP contribution in [0.25, 0.3) is 0 Å². The van der Waals surface area contributed by atoms with E-state index in [-0.39, 0.29) is 11.9 Å². The molecule has 0 saturated carbocycles. The maximum absolute atomic E-state index is 13.3. The molecule has 18 heavy (non-hydrogen) atoms. The summed E-state index contributed by atoms with van der Waals surface area (Å²) >= 11 is 0. The Bertz CT molecular complexity index is 383. The van der Waals surface area contributed by atoms with Crippen molar-refractivity contribution < 1.29 is 4.39 Å². The molecule has 100 valence electrons. The Morgan fingerprint density at radius 2 is 2.11 bits per heavy atom. The van der Waals surface area contributed by atoms with Crippen molar-refractivity contribution in [2.75, 3.05) is 39.8 Å². The van der Waals surface area contributed by atoms with E-state index in [1.54, 1.807) is 12.1 Å².